The van der Waals surface area contributed by atoms with Crippen molar-refractivity contribution in [1.29, 1.82) is 0 Å². The molecule has 0 bridgehead atoms. The zero-order valence-electron chi connectivity index (χ0n) is 22.5. The average molecular weight is 527 g/mol. The van der Waals surface area contributed by atoms with Crippen molar-refractivity contribution < 1.29 is 10.2 Å². The van der Waals surface area contributed by atoms with E-state index in [9.17, 15) is 15.0 Å². The number of aromatic amines is 1. The number of para-hydroxylation sites is 1. The van der Waals surface area contributed by atoms with Crippen molar-refractivity contribution in [1.82, 2.24) is 9.97 Å². The Labute approximate surface area is 225 Å². The molecule has 0 aliphatic heterocycles. The molecule has 0 spiro atoms. The van der Waals surface area contributed by atoms with Crippen molar-refractivity contribution >= 4 is 22.5 Å². The lowest BCUT2D eigenvalue weighted by Crippen LogP contribution is -2.58. The van der Waals surface area contributed by atoms with Crippen molar-refractivity contribution in [3.63, 3.8) is 0 Å². The first-order chi connectivity index (χ1) is 17.6. The average Bonchev–Trinajstić information content (AvgIpc) is 3.21. The number of aromatic nitrogens is 2. The molecule has 4 aliphatic carbocycles. The maximum atomic E-state index is 12.6. The Balaban J connectivity index is 1.19. The number of rotatable bonds is 4. The van der Waals surface area contributed by atoms with Crippen LogP contribution in [0.2, 0.25) is 5.02 Å². The number of hydrogen-bond donors (Lipinski definition) is 3. The minimum Gasteiger partial charge on any atom is -0.393 e. The van der Waals surface area contributed by atoms with E-state index in [1.54, 1.807) is 18.2 Å². The normalized spacial score (nSPS) is 42.2. The summed E-state index contributed by atoms with van der Waals surface area (Å²) >= 11 is 6.34. The largest absolute Gasteiger partial charge is 0.393 e. The van der Waals surface area contributed by atoms with Gasteiger partial charge in [-0.25, -0.2) is 4.98 Å². The molecule has 1 aromatic carbocycles. The first-order valence-corrected chi connectivity index (χ1v) is 15.0. The number of nitrogens with zero attached hydrogens (tertiary/aromatic N) is 1. The van der Waals surface area contributed by atoms with E-state index in [4.69, 9.17) is 16.6 Å². The third-order valence-corrected chi connectivity index (χ3v) is 12.3. The van der Waals surface area contributed by atoms with Crippen LogP contribution in [0, 0.1) is 46.3 Å². The first kappa shape index (κ1) is 25.8. The molecule has 2 aromatic rings. The summed E-state index contributed by atoms with van der Waals surface area (Å²) in [5.41, 5.74) is 1.000. The standard InChI is InChI=1S/C31H43ClN2O3/c1-17(7-10-26-33-28-20(29(37)34-26)5-4-6-24(28)32)21-8-9-22-27-23(12-14-31(21,22)3)30(2)13-11-19(35)15-18(30)16-25(27)36/h4-6,17-19,21-23,25,27,35-36H,7-16H2,1-3H3,(H,33,34,37)/t17-,18+,19-,21-,22+,23?,25+,27+,30+,31-/m1/s1. The highest BCUT2D eigenvalue weighted by atomic mass is 35.5. The van der Waals surface area contributed by atoms with Crippen LogP contribution in [0.25, 0.3) is 10.9 Å². The number of aliphatic hydroxyl groups is 2. The van der Waals surface area contributed by atoms with Crippen molar-refractivity contribution in [3.8, 4) is 0 Å². The number of hydrogen-bond acceptors (Lipinski definition) is 4. The van der Waals surface area contributed by atoms with Crippen molar-refractivity contribution in [3.05, 3.63) is 39.4 Å². The fourth-order valence-electron chi connectivity index (χ4n) is 10.0. The number of halogens is 1. The molecule has 3 N–H and O–H groups in total. The Morgan fingerprint density at radius 2 is 1.84 bits per heavy atom. The highest BCUT2D eigenvalue weighted by Crippen LogP contribution is 2.68. The second kappa shape index (κ2) is 9.34. The van der Waals surface area contributed by atoms with Gasteiger partial charge in [-0.15, -0.1) is 0 Å². The fraction of sp³-hybridized carbons (Fsp3) is 0.742. The molecule has 1 unspecified atom stereocenters. The van der Waals surface area contributed by atoms with E-state index < -0.39 is 0 Å². The van der Waals surface area contributed by atoms with Gasteiger partial charge in [0, 0.05) is 6.42 Å². The van der Waals surface area contributed by atoms with Crippen LogP contribution in [0.1, 0.15) is 84.4 Å². The summed E-state index contributed by atoms with van der Waals surface area (Å²) in [5.74, 6) is 3.88. The smallest absolute Gasteiger partial charge is 0.258 e. The van der Waals surface area contributed by atoms with E-state index in [-0.39, 0.29) is 28.6 Å². The van der Waals surface area contributed by atoms with Crippen molar-refractivity contribution in [2.45, 2.75) is 97.2 Å². The monoisotopic (exact) mass is 526 g/mol. The summed E-state index contributed by atoms with van der Waals surface area (Å²) in [5, 5.41) is 22.9. The van der Waals surface area contributed by atoms with Gasteiger partial charge in [-0.2, -0.15) is 0 Å². The molecule has 202 valence electrons. The van der Waals surface area contributed by atoms with Crippen LogP contribution in [0.5, 0.6) is 0 Å². The first-order valence-electron chi connectivity index (χ1n) is 14.7. The van der Waals surface area contributed by atoms with E-state index in [0.717, 1.165) is 44.3 Å². The van der Waals surface area contributed by atoms with Gasteiger partial charge in [0.2, 0.25) is 0 Å². The van der Waals surface area contributed by atoms with E-state index in [1.165, 1.54) is 25.7 Å². The van der Waals surface area contributed by atoms with Crippen LogP contribution in [0.15, 0.2) is 23.0 Å². The molecule has 10 atom stereocenters. The molecule has 37 heavy (non-hydrogen) atoms. The lowest BCUT2D eigenvalue weighted by Gasteiger charge is -2.62. The third-order valence-electron chi connectivity index (χ3n) is 12.0. The van der Waals surface area contributed by atoms with Gasteiger partial charge in [0.25, 0.3) is 5.56 Å². The molecule has 5 nitrogen and oxygen atoms in total. The van der Waals surface area contributed by atoms with Gasteiger partial charge in [0.15, 0.2) is 0 Å². The Kier molecular flexibility index (Phi) is 6.52. The number of aliphatic hydroxyl groups excluding tert-OH is 2. The lowest BCUT2D eigenvalue weighted by molar-refractivity contribution is -0.174. The van der Waals surface area contributed by atoms with Crippen LogP contribution < -0.4 is 5.56 Å². The molecule has 1 heterocycles. The molecule has 0 amide bonds. The fourth-order valence-corrected chi connectivity index (χ4v) is 10.2. The summed E-state index contributed by atoms with van der Waals surface area (Å²) in [7, 11) is 0. The Morgan fingerprint density at radius 1 is 1.08 bits per heavy atom. The summed E-state index contributed by atoms with van der Waals surface area (Å²) in [4.78, 5) is 20.3. The van der Waals surface area contributed by atoms with Gasteiger partial charge in [0.1, 0.15) is 5.82 Å². The second-order valence-electron chi connectivity index (χ2n) is 13.6. The zero-order valence-corrected chi connectivity index (χ0v) is 23.3. The summed E-state index contributed by atoms with van der Waals surface area (Å²) in [6.07, 6.45) is 9.97. The molecular weight excluding hydrogens is 484 g/mol. The summed E-state index contributed by atoms with van der Waals surface area (Å²) in [6, 6.07) is 5.35. The van der Waals surface area contributed by atoms with E-state index >= 15 is 0 Å². The van der Waals surface area contributed by atoms with Gasteiger partial charge in [-0.3, -0.25) is 4.79 Å². The highest BCUT2D eigenvalue weighted by molar-refractivity contribution is 6.34. The van der Waals surface area contributed by atoms with E-state index in [0.29, 0.717) is 51.4 Å². The number of aryl methyl sites for hydroxylation is 1. The Hall–Kier alpha value is -1.43. The number of fused-ring (bicyclic) bond motifs is 6. The Bertz CT molecular complexity index is 1230. The molecule has 4 fully saturated rings. The van der Waals surface area contributed by atoms with Crippen LogP contribution in [-0.4, -0.2) is 32.4 Å². The molecule has 0 radical (unpaired) electrons. The van der Waals surface area contributed by atoms with E-state index in [2.05, 4.69) is 25.8 Å². The number of H-pyrrole nitrogens is 1. The molecule has 4 saturated carbocycles. The molecule has 4 aliphatic rings. The van der Waals surface area contributed by atoms with Gasteiger partial charge < -0.3 is 15.2 Å². The van der Waals surface area contributed by atoms with Crippen LogP contribution in [0.3, 0.4) is 0 Å². The molecular formula is C31H43ClN2O3. The van der Waals surface area contributed by atoms with Crippen LogP contribution in [0.4, 0.5) is 0 Å². The summed E-state index contributed by atoms with van der Waals surface area (Å²) < 4.78 is 0. The van der Waals surface area contributed by atoms with Crippen LogP contribution >= 0.6 is 11.6 Å². The predicted molar refractivity (Wildman–Crippen MR) is 147 cm³/mol. The molecule has 6 rings (SSSR count). The topological polar surface area (TPSA) is 86.2 Å². The third kappa shape index (κ3) is 4.10. The maximum Gasteiger partial charge on any atom is 0.258 e. The lowest BCUT2D eigenvalue weighted by atomic mass is 9.43. The van der Waals surface area contributed by atoms with Gasteiger partial charge in [-0.1, -0.05) is 38.4 Å². The maximum absolute atomic E-state index is 12.6. The summed E-state index contributed by atoms with van der Waals surface area (Å²) in [6.45, 7) is 7.38. The minimum atomic E-state index is -0.233. The van der Waals surface area contributed by atoms with Crippen molar-refractivity contribution in [2.75, 3.05) is 0 Å². The number of nitrogens with one attached hydrogen (secondary N) is 1. The number of benzene rings is 1. The van der Waals surface area contributed by atoms with E-state index in [1.807, 2.05) is 0 Å². The molecule has 6 heteroatoms. The van der Waals surface area contributed by atoms with Crippen molar-refractivity contribution in [2.24, 2.45) is 46.3 Å². The Morgan fingerprint density at radius 3 is 2.65 bits per heavy atom. The quantitative estimate of drug-likeness (QED) is 0.447. The second-order valence-corrected chi connectivity index (χ2v) is 14.0. The minimum absolute atomic E-state index is 0.116. The van der Waals surface area contributed by atoms with Gasteiger partial charge in [-0.05, 0) is 116 Å². The highest BCUT2D eigenvalue weighted by Gasteiger charge is 2.62. The van der Waals surface area contributed by atoms with Gasteiger partial charge in [0.05, 0.1) is 28.1 Å². The molecule has 1 aromatic heterocycles. The SMILES string of the molecule is C[C@H](CCc1nc2c(Cl)cccc2c(=O)[nH]1)[C@H]1CC[C@H]2[C@H]3C(CC[C@]12C)[C@@]1(C)CC[C@@H](O)C[C@H]1C[C@@H]3O. The zero-order chi connectivity index (χ0) is 26.1. The predicted octanol–water partition coefficient (Wildman–Crippen LogP) is 6.14. The van der Waals surface area contributed by atoms with Crippen LogP contribution in [-0.2, 0) is 6.42 Å². The molecule has 0 saturated heterocycles. The van der Waals surface area contributed by atoms with Gasteiger partial charge >= 0.3 is 0 Å².